The number of rotatable bonds is 2. The van der Waals surface area contributed by atoms with Gasteiger partial charge in [-0.15, -0.1) is 0 Å². The fourth-order valence-corrected chi connectivity index (χ4v) is 2.29. The lowest BCUT2D eigenvalue weighted by Gasteiger charge is -2.14. The Morgan fingerprint density at radius 3 is 2.72 bits per heavy atom. The highest BCUT2D eigenvalue weighted by Gasteiger charge is 2.30. The molecule has 92 valence electrons. The first kappa shape index (κ1) is 10.8. The third-order valence-electron chi connectivity index (χ3n) is 3.24. The standard InChI is InChI=1S/C13H12N2O3/c1-8(9-5-3-2-4-6-9)15-10-7-18-12(16)11(10)14-13(15)17/h2-6,8H,7H2,1H3,(H,14,17)/t8-/m1/s1. The predicted octanol–water partition coefficient (Wildman–Crippen LogP) is 1.46. The summed E-state index contributed by atoms with van der Waals surface area (Å²) in [6, 6.07) is 9.54. The number of nitrogens with one attached hydrogen (secondary N) is 1. The molecule has 0 amide bonds. The van der Waals surface area contributed by atoms with Crippen molar-refractivity contribution in [2.24, 2.45) is 0 Å². The number of fused-ring (bicyclic) bond motifs is 1. The number of imidazole rings is 1. The van der Waals surface area contributed by atoms with E-state index in [1.165, 1.54) is 0 Å². The van der Waals surface area contributed by atoms with Crippen LogP contribution in [0.25, 0.3) is 0 Å². The smallest absolute Gasteiger partial charge is 0.357 e. The summed E-state index contributed by atoms with van der Waals surface area (Å²) in [6.45, 7) is 2.08. The Balaban J connectivity index is 2.11. The number of carbonyl (C=O) groups excluding carboxylic acids is 1. The number of hydrogen-bond acceptors (Lipinski definition) is 3. The number of hydrogen-bond donors (Lipinski definition) is 1. The maximum Gasteiger partial charge on any atom is 0.357 e. The maximum absolute atomic E-state index is 11.9. The van der Waals surface area contributed by atoms with Gasteiger partial charge in [0.05, 0.1) is 11.7 Å². The number of nitrogens with zero attached hydrogens (tertiary/aromatic N) is 1. The van der Waals surface area contributed by atoms with Crippen LogP contribution in [-0.2, 0) is 11.3 Å². The summed E-state index contributed by atoms with van der Waals surface area (Å²) in [6.07, 6.45) is 0. The largest absolute Gasteiger partial charge is 0.454 e. The first-order valence-corrected chi connectivity index (χ1v) is 5.74. The van der Waals surface area contributed by atoms with Gasteiger partial charge in [-0.1, -0.05) is 30.3 Å². The molecule has 0 fully saturated rings. The second-order valence-corrected chi connectivity index (χ2v) is 4.28. The van der Waals surface area contributed by atoms with Gasteiger partial charge in [0.2, 0.25) is 0 Å². The molecule has 1 aliphatic heterocycles. The van der Waals surface area contributed by atoms with Crippen molar-refractivity contribution in [2.45, 2.75) is 19.6 Å². The van der Waals surface area contributed by atoms with E-state index in [2.05, 4.69) is 4.98 Å². The number of benzene rings is 1. The van der Waals surface area contributed by atoms with Crippen LogP contribution in [-0.4, -0.2) is 15.5 Å². The average molecular weight is 244 g/mol. The number of ether oxygens (including phenoxy) is 1. The zero-order chi connectivity index (χ0) is 12.7. The highest BCUT2D eigenvalue weighted by Crippen LogP contribution is 2.23. The van der Waals surface area contributed by atoms with Crippen LogP contribution in [0.5, 0.6) is 0 Å². The molecule has 5 heteroatoms. The summed E-state index contributed by atoms with van der Waals surface area (Å²) in [5.74, 6) is -0.457. The van der Waals surface area contributed by atoms with Crippen molar-refractivity contribution in [3.05, 3.63) is 57.8 Å². The number of aromatic amines is 1. The molecule has 18 heavy (non-hydrogen) atoms. The minimum Gasteiger partial charge on any atom is -0.454 e. The molecule has 1 aromatic carbocycles. The molecule has 0 spiro atoms. The molecule has 5 nitrogen and oxygen atoms in total. The van der Waals surface area contributed by atoms with Crippen LogP contribution in [0.2, 0.25) is 0 Å². The van der Waals surface area contributed by atoms with Gasteiger partial charge in [0.15, 0.2) is 5.69 Å². The molecule has 0 saturated carbocycles. The lowest BCUT2D eigenvalue weighted by atomic mass is 10.1. The molecule has 0 aliphatic carbocycles. The molecule has 1 N–H and O–H groups in total. The third kappa shape index (κ3) is 1.48. The van der Waals surface area contributed by atoms with Crippen LogP contribution >= 0.6 is 0 Å². The van der Waals surface area contributed by atoms with Gasteiger partial charge in [0.1, 0.15) is 6.61 Å². The van der Waals surface area contributed by atoms with Gasteiger partial charge in [-0.2, -0.15) is 0 Å². The van der Waals surface area contributed by atoms with E-state index >= 15 is 0 Å². The summed E-state index contributed by atoms with van der Waals surface area (Å²) in [5.41, 5.74) is 1.65. The molecule has 0 saturated heterocycles. The van der Waals surface area contributed by atoms with Crippen molar-refractivity contribution in [1.29, 1.82) is 0 Å². The predicted molar refractivity (Wildman–Crippen MR) is 64.4 cm³/mol. The van der Waals surface area contributed by atoms with Crippen LogP contribution in [0.4, 0.5) is 0 Å². The Kier molecular flexibility index (Phi) is 2.33. The van der Waals surface area contributed by atoms with E-state index in [1.807, 2.05) is 37.3 Å². The van der Waals surface area contributed by atoms with Gasteiger partial charge in [-0.05, 0) is 12.5 Å². The zero-order valence-corrected chi connectivity index (χ0v) is 9.84. The Labute approximate surface area is 103 Å². The Bertz CT molecular complexity index is 655. The fraction of sp³-hybridized carbons (Fsp3) is 0.231. The summed E-state index contributed by atoms with van der Waals surface area (Å²) in [4.78, 5) is 25.9. The summed E-state index contributed by atoms with van der Waals surface area (Å²) in [5, 5.41) is 0. The van der Waals surface area contributed by atoms with E-state index in [4.69, 9.17) is 4.74 Å². The van der Waals surface area contributed by atoms with Crippen LogP contribution in [0.3, 0.4) is 0 Å². The van der Waals surface area contributed by atoms with Gasteiger partial charge in [-0.3, -0.25) is 9.55 Å². The molecule has 2 aromatic rings. The molecule has 3 rings (SSSR count). The Hall–Kier alpha value is -2.30. The molecule has 0 bridgehead atoms. The first-order valence-electron chi connectivity index (χ1n) is 5.74. The van der Waals surface area contributed by atoms with Gasteiger partial charge >= 0.3 is 11.7 Å². The van der Waals surface area contributed by atoms with E-state index in [9.17, 15) is 9.59 Å². The third-order valence-corrected chi connectivity index (χ3v) is 3.24. The monoisotopic (exact) mass is 244 g/mol. The molecule has 0 radical (unpaired) electrons. The molecule has 1 atom stereocenters. The number of carbonyl (C=O) groups is 1. The Morgan fingerprint density at radius 2 is 2.00 bits per heavy atom. The lowest BCUT2D eigenvalue weighted by molar-refractivity contribution is 0.0523. The van der Waals surface area contributed by atoms with Crippen molar-refractivity contribution in [2.75, 3.05) is 0 Å². The molecule has 2 heterocycles. The van der Waals surface area contributed by atoms with Crippen molar-refractivity contribution in [1.82, 2.24) is 9.55 Å². The molecular weight excluding hydrogens is 232 g/mol. The number of esters is 1. The van der Waals surface area contributed by atoms with Gasteiger partial charge in [0.25, 0.3) is 0 Å². The van der Waals surface area contributed by atoms with Crippen molar-refractivity contribution in [3.63, 3.8) is 0 Å². The minimum absolute atomic E-state index is 0.131. The quantitative estimate of drug-likeness (QED) is 0.813. The van der Waals surface area contributed by atoms with Gasteiger partial charge in [-0.25, -0.2) is 9.59 Å². The second kappa shape index (κ2) is 3.87. The van der Waals surface area contributed by atoms with Crippen molar-refractivity contribution in [3.8, 4) is 0 Å². The molecule has 1 aromatic heterocycles. The summed E-state index contributed by atoms with van der Waals surface area (Å²) >= 11 is 0. The lowest BCUT2D eigenvalue weighted by Crippen LogP contribution is -2.23. The van der Waals surface area contributed by atoms with E-state index in [1.54, 1.807) is 4.57 Å². The molecule has 1 aliphatic rings. The van der Waals surface area contributed by atoms with E-state index in [0.29, 0.717) is 5.69 Å². The van der Waals surface area contributed by atoms with Crippen LogP contribution in [0.15, 0.2) is 35.1 Å². The van der Waals surface area contributed by atoms with Crippen molar-refractivity contribution >= 4 is 5.97 Å². The maximum atomic E-state index is 11.9. The van der Waals surface area contributed by atoms with Crippen molar-refractivity contribution < 1.29 is 9.53 Å². The first-order chi connectivity index (χ1) is 8.68. The zero-order valence-electron chi connectivity index (χ0n) is 9.84. The van der Waals surface area contributed by atoms with Crippen LogP contribution in [0.1, 0.15) is 34.7 Å². The van der Waals surface area contributed by atoms with E-state index in [0.717, 1.165) is 5.56 Å². The van der Waals surface area contributed by atoms with Crippen LogP contribution < -0.4 is 5.69 Å². The van der Waals surface area contributed by atoms with Gasteiger partial charge in [0, 0.05) is 0 Å². The van der Waals surface area contributed by atoms with Crippen LogP contribution in [0, 0.1) is 0 Å². The summed E-state index contributed by atoms with van der Waals surface area (Å²) < 4.78 is 6.49. The SMILES string of the molecule is C[C@H](c1ccccc1)n1c2c([nH]c1=O)C(=O)OC2. The number of H-pyrrole nitrogens is 1. The summed E-state index contributed by atoms with van der Waals surface area (Å²) in [7, 11) is 0. The number of aromatic nitrogens is 2. The van der Waals surface area contributed by atoms with E-state index < -0.39 is 5.97 Å². The highest BCUT2D eigenvalue weighted by molar-refractivity contribution is 5.90. The second-order valence-electron chi connectivity index (χ2n) is 4.28. The minimum atomic E-state index is -0.457. The molecular formula is C13H12N2O3. The fourth-order valence-electron chi connectivity index (χ4n) is 2.29. The topological polar surface area (TPSA) is 64.1 Å². The Morgan fingerprint density at radius 1 is 1.28 bits per heavy atom. The normalized spacial score (nSPS) is 15.3. The van der Waals surface area contributed by atoms with E-state index in [-0.39, 0.29) is 24.0 Å². The number of cyclic esters (lactones) is 1. The average Bonchev–Trinajstić information content (AvgIpc) is 2.89. The highest BCUT2D eigenvalue weighted by atomic mass is 16.5. The molecule has 0 unspecified atom stereocenters. The van der Waals surface area contributed by atoms with Gasteiger partial charge < -0.3 is 4.74 Å².